The van der Waals surface area contributed by atoms with Crippen LogP contribution in [0.1, 0.15) is 5.56 Å². The molecule has 0 bridgehead atoms. The zero-order valence-electron chi connectivity index (χ0n) is 10.6. The van der Waals surface area contributed by atoms with E-state index in [-0.39, 0.29) is 5.91 Å². The van der Waals surface area contributed by atoms with E-state index in [1.807, 2.05) is 31.2 Å². The Bertz CT molecular complexity index is 569. The number of nitrogen functional groups attached to an aromatic ring is 1. The molecule has 1 aromatic heterocycles. The molecule has 0 saturated carbocycles. The molecule has 0 aliphatic carbocycles. The van der Waals surface area contributed by atoms with Gasteiger partial charge < -0.3 is 11.1 Å². The van der Waals surface area contributed by atoms with Gasteiger partial charge in [-0.15, -0.1) is 0 Å². The van der Waals surface area contributed by atoms with Crippen LogP contribution in [0.4, 0.5) is 11.4 Å². The maximum atomic E-state index is 11.8. The van der Waals surface area contributed by atoms with Crippen molar-refractivity contribution in [3.63, 3.8) is 0 Å². The normalized spacial score (nSPS) is 10.2. The van der Waals surface area contributed by atoms with Crippen LogP contribution in [-0.2, 0) is 4.79 Å². The minimum Gasteiger partial charge on any atom is -0.397 e. The van der Waals surface area contributed by atoms with Crippen LogP contribution < -0.4 is 11.1 Å². The number of benzene rings is 1. The molecule has 2 rings (SSSR count). The van der Waals surface area contributed by atoms with E-state index in [0.29, 0.717) is 11.4 Å². The van der Waals surface area contributed by atoms with Crippen molar-refractivity contribution in [2.75, 3.05) is 16.8 Å². The molecule has 0 aliphatic rings. The third-order valence-electron chi connectivity index (χ3n) is 2.41. The zero-order chi connectivity index (χ0) is 13.7. The second kappa shape index (κ2) is 6.24. The van der Waals surface area contributed by atoms with E-state index in [0.717, 1.165) is 16.3 Å². The standard InChI is InChI=1S/C14H15N3OS/c1-10-3-2-4-12(7-10)17-13(18)9-19-14-6-5-11(15)8-16-14/h2-8H,9,15H2,1H3,(H,17,18). The smallest absolute Gasteiger partial charge is 0.234 e. The molecule has 1 amide bonds. The van der Waals surface area contributed by atoms with E-state index < -0.39 is 0 Å². The number of anilines is 2. The molecule has 0 spiro atoms. The number of hydrogen-bond acceptors (Lipinski definition) is 4. The molecule has 98 valence electrons. The molecule has 4 nitrogen and oxygen atoms in total. The van der Waals surface area contributed by atoms with E-state index in [1.54, 1.807) is 18.3 Å². The quantitative estimate of drug-likeness (QED) is 0.840. The van der Waals surface area contributed by atoms with Gasteiger partial charge in [-0.3, -0.25) is 4.79 Å². The summed E-state index contributed by atoms with van der Waals surface area (Å²) in [7, 11) is 0. The number of rotatable bonds is 4. The molecule has 0 aliphatic heterocycles. The van der Waals surface area contributed by atoms with Gasteiger partial charge in [-0.2, -0.15) is 0 Å². The fourth-order valence-corrected chi connectivity index (χ4v) is 2.18. The summed E-state index contributed by atoms with van der Waals surface area (Å²) < 4.78 is 0. The van der Waals surface area contributed by atoms with Gasteiger partial charge in [0.15, 0.2) is 0 Å². The van der Waals surface area contributed by atoms with Crippen molar-refractivity contribution in [3.8, 4) is 0 Å². The number of pyridine rings is 1. The lowest BCUT2D eigenvalue weighted by atomic mass is 10.2. The van der Waals surface area contributed by atoms with Gasteiger partial charge in [-0.25, -0.2) is 4.98 Å². The number of amides is 1. The van der Waals surface area contributed by atoms with Crippen LogP contribution in [0.25, 0.3) is 0 Å². The van der Waals surface area contributed by atoms with E-state index in [9.17, 15) is 4.79 Å². The minimum atomic E-state index is -0.0470. The molecule has 19 heavy (non-hydrogen) atoms. The minimum absolute atomic E-state index is 0.0470. The summed E-state index contributed by atoms with van der Waals surface area (Å²) in [5.41, 5.74) is 8.10. The van der Waals surface area contributed by atoms with Crippen molar-refractivity contribution in [1.82, 2.24) is 4.98 Å². The largest absolute Gasteiger partial charge is 0.397 e. The van der Waals surface area contributed by atoms with Gasteiger partial charge in [0, 0.05) is 5.69 Å². The number of hydrogen-bond donors (Lipinski definition) is 2. The Morgan fingerprint density at radius 2 is 2.21 bits per heavy atom. The van der Waals surface area contributed by atoms with E-state index >= 15 is 0 Å². The highest BCUT2D eigenvalue weighted by atomic mass is 32.2. The lowest BCUT2D eigenvalue weighted by molar-refractivity contribution is -0.113. The summed E-state index contributed by atoms with van der Waals surface area (Å²) in [6.45, 7) is 1.99. The fourth-order valence-electron chi connectivity index (χ4n) is 1.54. The van der Waals surface area contributed by atoms with Crippen LogP contribution in [0.2, 0.25) is 0 Å². The molecule has 1 aromatic carbocycles. The summed E-state index contributed by atoms with van der Waals surface area (Å²) in [5.74, 6) is 0.277. The number of nitrogens with zero attached hydrogens (tertiary/aromatic N) is 1. The van der Waals surface area contributed by atoms with E-state index in [4.69, 9.17) is 5.73 Å². The van der Waals surface area contributed by atoms with Gasteiger partial charge in [-0.1, -0.05) is 23.9 Å². The van der Waals surface area contributed by atoms with Crippen LogP contribution in [-0.4, -0.2) is 16.6 Å². The predicted molar refractivity (Wildman–Crippen MR) is 79.2 cm³/mol. The lowest BCUT2D eigenvalue weighted by Crippen LogP contribution is -2.14. The summed E-state index contributed by atoms with van der Waals surface area (Å²) in [5, 5.41) is 3.64. The van der Waals surface area contributed by atoms with Crippen LogP contribution in [0.15, 0.2) is 47.6 Å². The van der Waals surface area contributed by atoms with E-state index in [2.05, 4.69) is 10.3 Å². The fraction of sp³-hybridized carbons (Fsp3) is 0.143. The van der Waals surface area contributed by atoms with Crippen molar-refractivity contribution in [3.05, 3.63) is 48.2 Å². The third kappa shape index (κ3) is 4.30. The molecule has 0 atom stereocenters. The SMILES string of the molecule is Cc1cccc(NC(=O)CSc2ccc(N)cn2)c1. The van der Waals surface area contributed by atoms with Gasteiger partial charge in [0.1, 0.15) is 0 Å². The first-order valence-corrected chi connectivity index (χ1v) is 6.83. The Morgan fingerprint density at radius 3 is 2.89 bits per heavy atom. The third-order valence-corrected chi connectivity index (χ3v) is 3.36. The van der Waals surface area contributed by atoms with Crippen molar-refractivity contribution >= 4 is 29.0 Å². The van der Waals surface area contributed by atoms with Crippen molar-refractivity contribution in [1.29, 1.82) is 0 Å². The number of thioether (sulfide) groups is 1. The zero-order valence-corrected chi connectivity index (χ0v) is 11.4. The highest BCUT2D eigenvalue weighted by molar-refractivity contribution is 7.99. The average molecular weight is 273 g/mol. The number of aromatic nitrogens is 1. The topological polar surface area (TPSA) is 68.0 Å². The van der Waals surface area contributed by atoms with Crippen molar-refractivity contribution < 1.29 is 4.79 Å². The van der Waals surface area contributed by atoms with Crippen LogP contribution in [0, 0.1) is 6.92 Å². The number of carbonyl (C=O) groups is 1. The molecule has 0 saturated heterocycles. The molecule has 1 heterocycles. The number of nitrogens with two attached hydrogens (primary N) is 1. The summed E-state index contributed by atoms with van der Waals surface area (Å²) >= 11 is 1.38. The molecular weight excluding hydrogens is 258 g/mol. The Labute approximate surface area is 116 Å². The van der Waals surface area contributed by atoms with Crippen LogP contribution in [0.3, 0.4) is 0 Å². The monoisotopic (exact) mass is 273 g/mol. The Kier molecular flexibility index (Phi) is 4.41. The molecule has 2 aromatic rings. The molecule has 0 unspecified atom stereocenters. The first-order chi connectivity index (χ1) is 9.13. The van der Waals surface area contributed by atoms with Crippen molar-refractivity contribution in [2.45, 2.75) is 11.9 Å². The first kappa shape index (κ1) is 13.4. The Morgan fingerprint density at radius 1 is 1.37 bits per heavy atom. The average Bonchev–Trinajstić information content (AvgIpc) is 2.38. The molecular formula is C14H15N3OS. The molecule has 5 heteroatoms. The van der Waals surface area contributed by atoms with Crippen molar-refractivity contribution in [2.24, 2.45) is 0 Å². The van der Waals surface area contributed by atoms with Gasteiger partial charge in [-0.05, 0) is 36.8 Å². The highest BCUT2D eigenvalue weighted by Gasteiger charge is 2.04. The molecule has 0 radical (unpaired) electrons. The van der Waals surface area contributed by atoms with Gasteiger partial charge in [0.05, 0.1) is 22.7 Å². The summed E-state index contributed by atoms with van der Waals surface area (Å²) in [4.78, 5) is 15.9. The Hall–Kier alpha value is -2.01. The maximum Gasteiger partial charge on any atom is 0.234 e. The number of carbonyl (C=O) groups excluding carboxylic acids is 1. The summed E-state index contributed by atoms with van der Waals surface area (Å²) in [6, 6.07) is 11.3. The van der Waals surface area contributed by atoms with Crippen LogP contribution >= 0.6 is 11.8 Å². The summed E-state index contributed by atoms with van der Waals surface area (Å²) in [6.07, 6.45) is 1.58. The number of nitrogens with one attached hydrogen (secondary N) is 1. The maximum absolute atomic E-state index is 11.8. The Balaban J connectivity index is 1.86. The van der Waals surface area contributed by atoms with Gasteiger partial charge >= 0.3 is 0 Å². The number of aryl methyl sites for hydroxylation is 1. The molecule has 3 N–H and O–H groups in total. The second-order valence-corrected chi connectivity index (χ2v) is 5.13. The highest BCUT2D eigenvalue weighted by Crippen LogP contribution is 2.16. The van der Waals surface area contributed by atoms with E-state index in [1.165, 1.54) is 11.8 Å². The first-order valence-electron chi connectivity index (χ1n) is 5.84. The lowest BCUT2D eigenvalue weighted by Gasteiger charge is -2.05. The molecule has 0 fully saturated rings. The van der Waals surface area contributed by atoms with Gasteiger partial charge in [0.25, 0.3) is 0 Å². The second-order valence-electron chi connectivity index (χ2n) is 4.14. The van der Waals surface area contributed by atoms with Crippen LogP contribution in [0.5, 0.6) is 0 Å². The van der Waals surface area contributed by atoms with Gasteiger partial charge in [0.2, 0.25) is 5.91 Å². The predicted octanol–water partition coefficient (Wildman–Crippen LogP) is 2.70.